The van der Waals surface area contributed by atoms with Crippen LogP contribution in [-0.2, 0) is 17.7 Å². The molecule has 0 unspecified atom stereocenters. The number of hydrogen-bond acceptors (Lipinski definition) is 8. The van der Waals surface area contributed by atoms with E-state index in [4.69, 9.17) is 9.47 Å². The molecular formula is C32H31F3N6O6. The predicted octanol–water partition coefficient (Wildman–Crippen LogP) is 5.13. The molecule has 4 aromatic rings. The monoisotopic (exact) mass is 652 g/mol. The Bertz CT molecular complexity index is 1990. The summed E-state index contributed by atoms with van der Waals surface area (Å²) in [5, 5.41) is 2.18. The number of carbonyl (C=O) groups excluding carboxylic acids is 2. The minimum Gasteiger partial charge on any atom is -0.444 e. The number of halogens is 3. The van der Waals surface area contributed by atoms with Gasteiger partial charge in [0.15, 0.2) is 17.4 Å². The van der Waals surface area contributed by atoms with Gasteiger partial charge in [-0.1, -0.05) is 0 Å². The molecular weight excluding hydrogens is 621 g/mol. The average molecular weight is 653 g/mol. The molecule has 0 aliphatic carbocycles. The van der Waals surface area contributed by atoms with Crippen LogP contribution in [0.25, 0.3) is 5.69 Å². The van der Waals surface area contributed by atoms with Gasteiger partial charge in [0.1, 0.15) is 23.3 Å². The minimum atomic E-state index is -1.12. The fourth-order valence-electron chi connectivity index (χ4n) is 4.81. The Morgan fingerprint density at radius 1 is 1.00 bits per heavy atom. The average Bonchev–Trinajstić information content (AvgIpc) is 2.99. The van der Waals surface area contributed by atoms with E-state index in [1.54, 1.807) is 34.6 Å². The summed E-state index contributed by atoms with van der Waals surface area (Å²) in [6.07, 6.45) is 1.94. The molecule has 0 radical (unpaired) electrons. The second-order valence-corrected chi connectivity index (χ2v) is 12.0. The molecule has 0 saturated heterocycles. The standard InChI is InChI=1S/C32H31F3N6O6/c1-17(2)40-14-21(29(43)41(30(40)44)19-8-6-18(33)7-9-19)27(42)38-24-12-23(35)26(13-22(24)34)46-28-20-10-11-39(15-25(20)36-16-37-28)31(45)47-32(3,4)5/h6-9,12-14,16-17H,10-11,15H2,1-5H3,(H,38,42). The van der Waals surface area contributed by atoms with E-state index >= 15 is 8.78 Å². The van der Waals surface area contributed by atoms with Crippen LogP contribution in [0.3, 0.4) is 0 Å². The minimum absolute atomic E-state index is 0.00800. The maximum absolute atomic E-state index is 15.3. The Labute approximate surface area is 266 Å². The van der Waals surface area contributed by atoms with Gasteiger partial charge in [0.05, 0.1) is 23.6 Å². The number of ether oxygens (including phenoxy) is 2. The summed E-state index contributed by atoms with van der Waals surface area (Å²) in [7, 11) is 0. The van der Waals surface area contributed by atoms with Crippen molar-refractivity contribution < 1.29 is 32.2 Å². The topological polar surface area (TPSA) is 138 Å². The van der Waals surface area contributed by atoms with E-state index in [0.29, 0.717) is 28.0 Å². The smallest absolute Gasteiger partial charge is 0.410 e. The Balaban J connectivity index is 1.40. The molecule has 1 aliphatic rings. The van der Waals surface area contributed by atoms with E-state index in [1.807, 2.05) is 0 Å². The lowest BCUT2D eigenvalue weighted by atomic mass is 10.1. The molecule has 246 valence electrons. The third-order valence-electron chi connectivity index (χ3n) is 7.10. The van der Waals surface area contributed by atoms with Gasteiger partial charge in [0.25, 0.3) is 11.5 Å². The number of fused-ring (bicyclic) bond motifs is 1. The molecule has 3 heterocycles. The zero-order valence-electron chi connectivity index (χ0n) is 26.1. The number of amides is 2. The highest BCUT2D eigenvalue weighted by molar-refractivity contribution is 6.04. The molecule has 0 atom stereocenters. The lowest BCUT2D eigenvalue weighted by Gasteiger charge is -2.30. The van der Waals surface area contributed by atoms with Crippen LogP contribution >= 0.6 is 0 Å². The summed E-state index contributed by atoms with van der Waals surface area (Å²) in [6, 6.07) is 5.38. The van der Waals surface area contributed by atoms with Crippen molar-refractivity contribution in [2.45, 2.75) is 59.2 Å². The Morgan fingerprint density at radius 2 is 1.70 bits per heavy atom. The van der Waals surface area contributed by atoms with Crippen LogP contribution in [0.15, 0.2) is 58.5 Å². The lowest BCUT2D eigenvalue weighted by molar-refractivity contribution is 0.0219. The third kappa shape index (κ3) is 7.03. The summed E-state index contributed by atoms with van der Waals surface area (Å²) in [5.74, 6) is -4.45. The van der Waals surface area contributed by atoms with Gasteiger partial charge >= 0.3 is 11.8 Å². The van der Waals surface area contributed by atoms with Crippen LogP contribution in [0.4, 0.5) is 23.7 Å². The molecule has 15 heteroatoms. The summed E-state index contributed by atoms with van der Waals surface area (Å²) >= 11 is 0. The highest BCUT2D eigenvalue weighted by Crippen LogP contribution is 2.32. The van der Waals surface area contributed by atoms with Gasteiger partial charge in [-0.25, -0.2) is 37.3 Å². The largest absolute Gasteiger partial charge is 0.444 e. The molecule has 47 heavy (non-hydrogen) atoms. The first-order chi connectivity index (χ1) is 22.1. The number of hydrogen-bond donors (Lipinski definition) is 1. The van der Waals surface area contributed by atoms with Gasteiger partial charge in [-0.3, -0.25) is 14.2 Å². The van der Waals surface area contributed by atoms with Gasteiger partial charge < -0.3 is 19.7 Å². The maximum Gasteiger partial charge on any atom is 0.410 e. The van der Waals surface area contributed by atoms with E-state index < -0.39 is 69.3 Å². The van der Waals surface area contributed by atoms with E-state index in [-0.39, 0.29) is 31.1 Å². The number of benzene rings is 2. The quantitative estimate of drug-likeness (QED) is 0.303. The van der Waals surface area contributed by atoms with Crippen LogP contribution in [0.1, 0.15) is 62.3 Å². The normalized spacial score (nSPS) is 12.9. The summed E-state index contributed by atoms with van der Waals surface area (Å²) in [4.78, 5) is 61.8. The number of aromatic nitrogens is 4. The van der Waals surface area contributed by atoms with Crippen LogP contribution < -0.4 is 21.3 Å². The molecule has 1 N–H and O–H groups in total. The fourth-order valence-corrected chi connectivity index (χ4v) is 4.81. The fraction of sp³-hybridized carbons (Fsp3) is 0.312. The second kappa shape index (κ2) is 12.7. The molecule has 5 rings (SSSR count). The van der Waals surface area contributed by atoms with E-state index in [9.17, 15) is 23.6 Å². The van der Waals surface area contributed by atoms with Gasteiger partial charge in [-0.2, -0.15) is 0 Å². The summed E-state index contributed by atoms with van der Waals surface area (Å²) in [6.45, 7) is 8.88. The van der Waals surface area contributed by atoms with Crippen LogP contribution in [0.2, 0.25) is 0 Å². The van der Waals surface area contributed by atoms with Crippen molar-refractivity contribution in [3.63, 3.8) is 0 Å². The van der Waals surface area contributed by atoms with Crippen molar-refractivity contribution in [2.24, 2.45) is 0 Å². The van der Waals surface area contributed by atoms with Gasteiger partial charge in [0, 0.05) is 36.5 Å². The number of rotatable bonds is 6. The summed E-state index contributed by atoms with van der Waals surface area (Å²) in [5.41, 5.74) is -2.71. The molecule has 0 bridgehead atoms. The van der Waals surface area contributed by atoms with Gasteiger partial charge in [0.2, 0.25) is 5.88 Å². The van der Waals surface area contributed by atoms with Crippen LogP contribution in [0, 0.1) is 17.5 Å². The molecule has 2 amide bonds. The van der Waals surface area contributed by atoms with Gasteiger partial charge in [-0.05, 0) is 65.3 Å². The molecule has 12 nitrogen and oxygen atoms in total. The highest BCUT2D eigenvalue weighted by Gasteiger charge is 2.29. The van der Waals surface area contributed by atoms with Crippen molar-refractivity contribution in [1.82, 2.24) is 24.0 Å². The maximum atomic E-state index is 15.3. The molecule has 1 aliphatic heterocycles. The zero-order chi connectivity index (χ0) is 34.2. The van der Waals surface area contributed by atoms with E-state index in [2.05, 4.69) is 15.3 Å². The first-order valence-corrected chi connectivity index (χ1v) is 14.6. The number of carbonyl (C=O) groups is 2. The number of anilines is 1. The molecule has 0 spiro atoms. The van der Waals surface area contributed by atoms with Crippen LogP contribution in [-0.4, -0.2) is 48.1 Å². The lowest BCUT2D eigenvalue weighted by Crippen LogP contribution is -2.42. The highest BCUT2D eigenvalue weighted by atomic mass is 19.1. The van der Waals surface area contributed by atoms with Crippen molar-refractivity contribution in [1.29, 1.82) is 0 Å². The van der Waals surface area contributed by atoms with Crippen LogP contribution in [0.5, 0.6) is 11.6 Å². The predicted molar refractivity (Wildman–Crippen MR) is 163 cm³/mol. The first kappa shape index (κ1) is 32.9. The van der Waals surface area contributed by atoms with Crippen molar-refractivity contribution >= 4 is 17.7 Å². The molecule has 0 fully saturated rings. The van der Waals surface area contributed by atoms with Crippen molar-refractivity contribution in [2.75, 3.05) is 11.9 Å². The SMILES string of the molecule is CC(C)n1cc(C(=O)Nc2cc(F)c(Oc3ncnc4c3CCN(C(=O)OC(C)(C)C)C4)cc2F)c(=O)n(-c2ccc(F)cc2)c1=O. The van der Waals surface area contributed by atoms with Crippen molar-refractivity contribution in [3.05, 3.63) is 104 Å². The zero-order valence-corrected chi connectivity index (χ0v) is 26.1. The molecule has 0 saturated carbocycles. The Morgan fingerprint density at radius 3 is 2.36 bits per heavy atom. The molecule has 2 aromatic heterocycles. The Kier molecular flexibility index (Phi) is 8.91. The molecule has 2 aromatic carbocycles. The first-order valence-electron chi connectivity index (χ1n) is 14.6. The van der Waals surface area contributed by atoms with E-state index in [1.165, 1.54) is 23.4 Å². The number of nitrogens with zero attached hydrogens (tertiary/aromatic N) is 5. The van der Waals surface area contributed by atoms with E-state index in [0.717, 1.165) is 22.9 Å². The summed E-state index contributed by atoms with van der Waals surface area (Å²) < 4.78 is 56.9. The van der Waals surface area contributed by atoms with Crippen molar-refractivity contribution in [3.8, 4) is 17.3 Å². The third-order valence-corrected chi connectivity index (χ3v) is 7.10. The second-order valence-electron chi connectivity index (χ2n) is 12.0. The Hall–Kier alpha value is -5.47. The van der Waals surface area contributed by atoms with Gasteiger partial charge in [-0.15, -0.1) is 0 Å². The number of nitrogens with one attached hydrogen (secondary N) is 1.